The lowest BCUT2D eigenvalue weighted by molar-refractivity contribution is -0.00877. The van der Waals surface area contributed by atoms with Crippen molar-refractivity contribution in [1.29, 1.82) is 0 Å². The highest BCUT2D eigenvalue weighted by Crippen LogP contribution is 2.14. The molecule has 0 amide bonds. The van der Waals surface area contributed by atoms with Crippen LogP contribution in [0.15, 0.2) is 0 Å². The van der Waals surface area contributed by atoms with Gasteiger partial charge in [-0.15, -0.1) is 0 Å². The van der Waals surface area contributed by atoms with Gasteiger partial charge in [-0.25, -0.2) is 0 Å². The van der Waals surface area contributed by atoms with Crippen LogP contribution in [0.25, 0.3) is 0 Å². The van der Waals surface area contributed by atoms with Crippen molar-refractivity contribution in [3.8, 4) is 0 Å². The minimum Gasteiger partial charge on any atom is -0.389 e. The predicted octanol–water partition coefficient (Wildman–Crippen LogP) is 0.0265. The van der Waals surface area contributed by atoms with Crippen molar-refractivity contribution in [2.24, 2.45) is 5.92 Å². The molecule has 0 aromatic heterocycles. The molecule has 1 aliphatic rings. The predicted molar refractivity (Wildman–Crippen MR) is 65.1 cm³/mol. The first-order valence-electron chi connectivity index (χ1n) is 6.36. The van der Waals surface area contributed by atoms with Crippen LogP contribution in [0, 0.1) is 5.92 Å². The highest BCUT2D eigenvalue weighted by Gasteiger charge is 2.14. The van der Waals surface area contributed by atoms with Gasteiger partial charge in [0, 0.05) is 40.0 Å². The van der Waals surface area contributed by atoms with Crippen molar-refractivity contribution < 1.29 is 19.3 Å². The molecule has 1 rings (SSSR count). The molecule has 0 aliphatic carbocycles. The van der Waals surface area contributed by atoms with E-state index in [0.29, 0.717) is 25.7 Å². The summed E-state index contributed by atoms with van der Waals surface area (Å²) in [4.78, 5) is 0. The summed E-state index contributed by atoms with van der Waals surface area (Å²) in [6, 6.07) is 0. The third-order valence-corrected chi connectivity index (χ3v) is 2.87. The van der Waals surface area contributed by atoms with Crippen LogP contribution >= 0.6 is 0 Å². The van der Waals surface area contributed by atoms with E-state index in [1.807, 2.05) is 0 Å². The number of ether oxygens (including phenoxy) is 3. The van der Waals surface area contributed by atoms with Crippen molar-refractivity contribution in [2.75, 3.05) is 53.2 Å². The molecule has 0 spiro atoms. The van der Waals surface area contributed by atoms with Crippen molar-refractivity contribution in [1.82, 2.24) is 5.32 Å². The Morgan fingerprint density at radius 2 is 2.18 bits per heavy atom. The molecule has 1 atom stereocenters. The zero-order chi connectivity index (χ0) is 12.3. The number of rotatable bonds is 9. The van der Waals surface area contributed by atoms with Gasteiger partial charge in [0.15, 0.2) is 0 Å². The molecular formula is C12H25NO4. The van der Waals surface area contributed by atoms with E-state index in [1.165, 1.54) is 0 Å². The number of nitrogens with one attached hydrogen (secondary N) is 1. The van der Waals surface area contributed by atoms with Crippen LogP contribution in [-0.4, -0.2) is 64.4 Å². The fourth-order valence-electron chi connectivity index (χ4n) is 1.79. The lowest BCUT2D eigenvalue weighted by Gasteiger charge is -2.22. The SMILES string of the molecule is COCCNCC(O)COCC1CCOCC1. The van der Waals surface area contributed by atoms with Gasteiger partial charge in [-0.2, -0.15) is 0 Å². The van der Waals surface area contributed by atoms with Crippen LogP contribution in [0.3, 0.4) is 0 Å². The summed E-state index contributed by atoms with van der Waals surface area (Å²) >= 11 is 0. The normalized spacial score (nSPS) is 19.4. The maximum absolute atomic E-state index is 9.62. The molecule has 17 heavy (non-hydrogen) atoms. The van der Waals surface area contributed by atoms with E-state index in [9.17, 15) is 5.11 Å². The van der Waals surface area contributed by atoms with E-state index < -0.39 is 6.10 Å². The Balaban J connectivity index is 1.90. The zero-order valence-electron chi connectivity index (χ0n) is 10.7. The van der Waals surface area contributed by atoms with E-state index in [2.05, 4.69) is 5.32 Å². The number of methoxy groups -OCH3 is 1. The van der Waals surface area contributed by atoms with Crippen LogP contribution < -0.4 is 5.32 Å². The lowest BCUT2D eigenvalue weighted by atomic mass is 10.0. The van der Waals surface area contributed by atoms with Gasteiger partial charge in [0.2, 0.25) is 0 Å². The Morgan fingerprint density at radius 3 is 2.88 bits per heavy atom. The van der Waals surface area contributed by atoms with Gasteiger partial charge in [-0.05, 0) is 18.8 Å². The highest BCUT2D eigenvalue weighted by molar-refractivity contribution is 4.64. The zero-order valence-corrected chi connectivity index (χ0v) is 10.7. The smallest absolute Gasteiger partial charge is 0.0897 e. The first-order valence-corrected chi connectivity index (χ1v) is 6.36. The molecule has 0 bridgehead atoms. The van der Waals surface area contributed by atoms with Gasteiger partial charge < -0.3 is 24.6 Å². The largest absolute Gasteiger partial charge is 0.389 e. The van der Waals surface area contributed by atoms with Crippen LogP contribution in [0.4, 0.5) is 0 Å². The second-order valence-corrected chi connectivity index (χ2v) is 4.44. The highest BCUT2D eigenvalue weighted by atomic mass is 16.5. The molecule has 2 N–H and O–H groups in total. The molecule has 0 aromatic carbocycles. The standard InChI is InChI=1S/C12H25NO4/c1-15-7-4-13-8-12(14)10-17-9-11-2-5-16-6-3-11/h11-14H,2-10H2,1H3. The second-order valence-electron chi connectivity index (χ2n) is 4.44. The molecule has 5 nitrogen and oxygen atoms in total. The summed E-state index contributed by atoms with van der Waals surface area (Å²) in [5.74, 6) is 0.595. The average Bonchev–Trinajstić information content (AvgIpc) is 2.36. The molecule has 102 valence electrons. The van der Waals surface area contributed by atoms with Crippen molar-refractivity contribution >= 4 is 0 Å². The van der Waals surface area contributed by atoms with Gasteiger partial charge >= 0.3 is 0 Å². The molecule has 0 saturated carbocycles. The van der Waals surface area contributed by atoms with Gasteiger partial charge in [0.05, 0.1) is 19.3 Å². The number of aliphatic hydroxyl groups is 1. The fourth-order valence-corrected chi connectivity index (χ4v) is 1.79. The molecule has 1 unspecified atom stereocenters. The summed E-state index contributed by atoms with van der Waals surface area (Å²) < 4.78 is 15.7. The van der Waals surface area contributed by atoms with Crippen LogP contribution in [-0.2, 0) is 14.2 Å². The maximum Gasteiger partial charge on any atom is 0.0897 e. The molecular weight excluding hydrogens is 222 g/mol. The van der Waals surface area contributed by atoms with Crippen LogP contribution in [0.1, 0.15) is 12.8 Å². The summed E-state index contributed by atoms with van der Waals surface area (Å²) in [6.07, 6.45) is 1.70. The number of hydrogen-bond donors (Lipinski definition) is 2. The minimum atomic E-state index is -0.438. The van der Waals surface area contributed by atoms with Crippen molar-refractivity contribution in [2.45, 2.75) is 18.9 Å². The molecule has 5 heteroatoms. The van der Waals surface area contributed by atoms with Crippen molar-refractivity contribution in [3.05, 3.63) is 0 Å². The number of aliphatic hydroxyl groups excluding tert-OH is 1. The average molecular weight is 247 g/mol. The molecule has 1 heterocycles. The Morgan fingerprint density at radius 1 is 1.41 bits per heavy atom. The first-order chi connectivity index (χ1) is 8.33. The van der Waals surface area contributed by atoms with E-state index in [1.54, 1.807) is 7.11 Å². The monoisotopic (exact) mass is 247 g/mol. The van der Waals surface area contributed by atoms with Gasteiger partial charge in [0.1, 0.15) is 0 Å². The van der Waals surface area contributed by atoms with Gasteiger partial charge in [0.25, 0.3) is 0 Å². The summed E-state index contributed by atoms with van der Waals surface area (Å²) in [5, 5.41) is 12.7. The molecule has 1 fully saturated rings. The lowest BCUT2D eigenvalue weighted by Crippen LogP contribution is -2.33. The topological polar surface area (TPSA) is 60.0 Å². The minimum absolute atomic E-state index is 0.400. The Kier molecular flexibility index (Phi) is 8.56. The first kappa shape index (κ1) is 14.9. The Labute approximate surface area is 103 Å². The van der Waals surface area contributed by atoms with Crippen LogP contribution in [0.2, 0.25) is 0 Å². The Hall–Kier alpha value is -0.200. The van der Waals surface area contributed by atoms with Crippen LogP contribution in [0.5, 0.6) is 0 Å². The summed E-state index contributed by atoms with van der Waals surface area (Å²) in [5.41, 5.74) is 0. The fraction of sp³-hybridized carbons (Fsp3) is 1.00. The van der Waals surface area contributed by atoms with E-state index in [-0.39, 0.29) is 0 Å². The van der Waals surface area contributed by atoms with Crippen molar-refractivity contribution in [3.63, 3.8) is 0 Å². The molecule has 1 saturated heterocycles. The summed E-state index contributed by atoms with van der Waals surface area (Å²) in [6.45, 7) is 4.79. The molecule has 0 aromatic rings. The van der Waals surface area contributed by atoms with E-state index >= 15 is 0 Å². The summed E-state index contributed by atoms with van der Waals surface area (Å²) in [7, 11) is 1.66. The third-order valence-electron chi connectivity index (χ3n) is 2.87. The quantitative estimate of drug-likeness (QED) is 0.563. The maximum atomic E-state index is 9.62. The van der Waals surface area contributed by atoms with Gasteiger partial charge in [-0.3, -0.25) is 0 Å². The molecule has 0 radical (unpaired) electrons. The molecule has 1 aliphatic heterocycles. The Bertz CT molecular complexity index is 174. The number of hydrogen-bond acceptors (Lipinski definition) is 5. The third kappa shape index (κ3) is 7.68. The van der Waals surface area contributed by atoms with Gasteiger partial charge in [-0.1, -0.05) is 0 Å². The second kappa shape index (κ2) is 9.79. The van der Waals surface area contributed by atoms with E-state index in [4.69, 9.17) is 14.2 Å². The van der Waals surface area contributed by atoms with E-state index in [0.717, 1.165) is 39.2 Å².